The minimum absolute atomic E-state index is 0.0178. The van der Waals surface area contributed by atoms with Crippen LogP contribution >= 0.6 is 0 Å². The van der Waals surface area contributed by atoms with Crippen molar-refractivity contribution in [2.24, 2.45) is 20.7 Å². The summed E-state index contributed by atoms with van der Waals surface area (Å²) in [5, 5.41) is 62.6. The van der Waals surface area contributed by atoms with E-state index in [1.807, 2.05) is 194 Å². The molecule has 0 radical (unpaired) electrons. The van der Waals surface area contributed by atoms with E-state index in [0.29, 0.717) is 117 Å². The number of aryl methyl sites for hydroxylation is 1. The van der Waals surface area contributed by atoms with Crippen LogP contribution in [-0.4, -0.2) is 96.5 Å². The molecule has 0 saturated heterocycles. The first-order valence-corrected chi connectivity index (χ1v) is 41.5. The Morgan fingerprint density at radius 3 is 1.05 bits per heavy atom. The number of imide groups is 1. The van der Waals surface area contributed by atoms with Crippen LogP contribution in [0.5, 0.6) is 52.3 Å². The number of amides is 2. The highest BCUT2D eigenvalue weighted by atomic mass is 16.5. The standard InChI is InChI=1S/C29H21N3O4.C26H20N2O6.C26H20N2O3.C23H20N2O4/c33-27-22-8-3-4-9-23(22)28(34)32(27)15-5-14-31-25-17-21(12-13-24(25)26(30-36)29(31)35)20-11-10-18-6-1-2-7-19(18)16-20;1-32-18-5-3-4-15(10-18)16-6-8-21-22(11-16)28(26(30)25(21)27-31)14-17-12-24(29)34-23-13-19(33-2)7-9-20(17)23;29-26-25(27-30)23-13-12-21(20-11-10-18-6-4-5-7-19(18)16-20)17-24(23)28(26)14-15-31-22-8-2-1-3-9-22;1-28-19-9-5-6-16(14-19)17-10-11-20-21(15-17)25(23(26)22(20)24-27)12-13-29-18-7-3-2-4-8-18/h1-4,6-13,16-17,35H,5,14-15H2;3-13,30H,14H2,1-2H3;1-13,16-17,29H,14-15H2;2-11,14-15,26H,12-13H2,1H3. The van der Waals surface area contributed by atoms with Crippen molar-refractivity contribution < 1.29 is 58.1 Å². The highest BCUT2D eigenvalue weighted by Gasteiger charge is 2.35. The van der Waals surface area contributed by atoms with Gasteiger partial charge in [-0.05, 0) is 232 Å². The normalized spacial score (nSPS) is 11.6. The lowest BCUT2D eigenvalue weighted by Crippen LogP contribution is -2.31. The van der Waals surface area contributed by atoms with E-state index in [0.717, 1.165) is 83.4 Å². The number of benzene rings is 14. The van der Waals surface area contributed by atoms with Crippen molar-refractivity contribution in [3.05, 3.63) is 362 Å². The summed E-state index contributed by atoms with van der Waals surface area (Å²) in [6.45, 7) is 2.05. The molecule has 14 aromatic carbocycles. The smallest absolute Gasteiger partial charge is 0.336 e. The molecule has 0 unspecified atom stereocenters. The fourth-order valence-corrected chi connectivity index (χ4v) is 16.5. The third-order valence-corrected chi connectivity index (χ3v) is 23.0. The molecule has 644 valence electrons. The predicted octanol–water partition coefficient (Wildman–Crippen LogP) is 24.0. The summed E-state index contributed by atoms with van der Waals surface area (Å²) >= 11 is 0. The molecule has 0 saturated carbocycles. The number of carbonyl (C=O) groups is 2. The molecule has 5 aromatic heterocycles. The zero-order valence-electron chi connectivity index (χ0n) is 70.3. The summed E-state index contributed by atoms with van der Waals surface area (Å²) in [7, 11) is 4.76. The van der Waals surface area contributed by atoms with Crippen molar-refractivity contribution in [1.29, 1.82) is 0 Å². The maximum Gasteiger partial charge on any atom is 0.336 e. The van der Waals surface area contributed by atoms with Crippen LogP contribution in [0, 0.1) is 19.6 Å². The summed E-state index contributed by atoms with van der Waals surface area (Å²) in [4.78, 5) is 84.6. The van der Waals surface area contributed by atoms with Crippen LogP contribution in [0.4, 0.5) is 22.7 Å². The number of aromatic hydroxyl groups is 4. The van der Waals surface area contributed by atoms with Gasteiger partial charge in [0, 0.05) is 52.2 Å². The molecule has 20 rings (SSSR count). The Hall–Kier alpha value is -17.3. The Balaban J connectivity index is 0.000000122. The van der Waals surface area contributed by atoms with Gasteiger partial charge in [-0.25, -0.2) is 4.79 Å². The molecule has 0 bridgehead atoms. The van der Waals surface area contributed by atoms with Gasteiger partial charge in [0.2, 0.25) is 23.5 Å². The second-order valence-electron chi connectivity index (χ2n) is 30.5. The van der Waals surface area contributed by atoms with Crippen molar-refractivity contribution in [3.63, 3.8) is 0 Å². The van der Waals surface area contributed by atoms with Crippen LogP contribution in [-0.2, 0) is 26.2 Å². The number of fused-ring (bicyclic) bond motifs is 8. The average Bonchev–Trinajstić information content (AvgIpc) is 1.60. The topological polar surface area (TPSA) is 332 Å². The van der Waals surface area contributed by atoms with Gasteiger partial charge in [0.05, 0.1) is 74.2 Å². The summed E-state index contributed by atoms with van der Waals surface area (Å²) in [5.41, 5.74) is 11.7. The molecule has 26 heteroatoms. The molecule has 4 N–H and O–H groups in total. The number of carbonyl (C=O) groups excluding carboxylic acids is 2. The van der Waals surface area contributed by atoms with Gasteiger partial charge >= 0.3 is 5.63 Å². The van der Waals surface area contributed by atoms with Crippen LogP contribution in [0.15, 0.2) is 345 Å². The molecule has 1 aliphatic rings. The quantitative estimate of drug-likeness (QED) is 0.0235. The van der Waals surface area contributed by atoms with E-state index in [2.05, 4.69) is 75.3 Å². The Morgan fingerprint density at radius 2 is 0.638 bits per heavy atom. The minimum Gasteiger partial charge on any atom is -0.497 e. The highest BCUT2D eigenvalue weighted by molar-refractivity contribution is 6.21. The maximum absolute atomic E-state index is 12.7. The van der Waals surface area contributed by atoms with E-state index >= 15 is 0 Å². The first-order valence-electron chi connectivity index (χ1n) is 41.5. The summed E-state index contributed by atoms with van der Waals surface area (Å²) in [5.74, 6) is 2.09. The van der Waals surface area contributed by atoms with Crippen molar-refractivity contribution in [1.82, 2.24) is 23.2 Å². The van der Waals surface area contributed by atoms with Crippen LogP contribution < -0.4 is 29.3 Å². The number of rotatable bonds is 25. The zero-order chi connectivity index (χ0) is 90.1. The van der Waals surface area contributed by atoms with E-state index in [9.17, 15) is 54.4 Å². The molecule has 6 heterocycles. The number of hydrogen-bond donors (Lipinski definition) is 4. The lowest BCUT2D eigenvalue weighted by Gasteiger charge is -2.15. The minimum atomic E-state index is -0.530. The molecule has 0 fully saturated rings. The number of ether oxygens (including phenoxy) is 5. The monoisotopic (exact) mass is 1730 g/mol. The van der Waals surface area contributed by atoms with Crippen LogP contribution in [0.25, 0.3) is 121 Å². The van der Waals surface area contributed by atoms with Crippen LogP contribution in [0.2, 0.25) is 0 Å². The molecule has 0 aliphatic carbocycles. The zero-order valence-corrected chi connectivity index (χ0v) is 70.3. The number of hydrogen-bond acceptors (Lipinski definition) is 21. The van der Waals surface area contributed by atoms with Gasteiger partial charge < -0.3 is 66.8 Å². The number of nitrogens with zero attached hydrogens (tertiary/aromatic N) is 9. The molecule has 19 aromatic rings. The van der Waals surface area contributed by atoms with Gasteiger partial charge in [0.25, 0.3) is 11.8 Å². The molecule has 2 amide bonds. The lowest BCUT2D eigenvalue weighted by molar-refractivity contribution is 0.0650. The van der Waals surface area contributed by atoms with E-state index in [4.69, 9.17) is 28.1 Å². The van der Waals surface area contributed by atoms with Crippen molar-refractivity contribution >= 4 is 111 Å². The van der Waals surface area contributed by atoms with E-state index < -0.39 is 5.63 Å². The molecule has 1 aliphatic heterocycles. The highest BCUT2D eigenvalue weighted by Crippen LogP contribution is 2.46. The van der Waals surface area contributed by atoms with E-state index in [1.54, 1.807) is 93.2 Å². The molecular formula is C104H81N9O17. The molecular weight excluding hydrogens is 1650 g/mol. The Kier molecular flexibility index (Phi) is 24.6. The number of methoxy groups -OCH3 is 3. The molecule has 0 atom stereocenters. The van der Waals surface area contributed by atoms with Gasteiger partial charge in [-0.15, -0.1) is 19.6 Å². The second-order valence-corrected chi connectivity index (χ2v) is 30.5. The number of aromatic nitrogens is 4. The van der Waals surface area contributed by atoms with Gasteiger partial charge in [0.15, 0.2) is 22.7 Å². The Labute approximate surface area is 741 Å². The largest absolute Gasteiger partial charge is 0.497 e. The van der Waals surface area contributed by atoms with Crippen molar-refractivity contribution in [2.45, 2.75) is 32.6 Å². The SMILES string of the molecule is COc1cccc(-c2ccc3c(N=O)c(O)n(CCOc4ccccc4)c3c2)c1.COc1cccc(-c2ccc3c(N=O)c(O)n(Cc4cc(=O)oc5cc(OC)ccc45)c3c2)c1.O=Nc1c(O)n(CCCN2C(=O)c3ccccc3C2=O)c2cc(-c3ccc4ccccc4c3)ccc12.O=Nc1c(O)n(CCOc2ccccc2)c2cc(-c3ccc4ccccc4c3)ccc12. The molecule has 26 nitrogen and oxygen atoms in total. The predicted molar refractivity (Wildman–Crippen MR) is 505 cm³/mol. The van der Waals surface area contributed by atoms with Crippen molar-refractivity contribution in [2.75, 3.05) is 41.1 Å². The summed E-state index contributed by atoms with van der Waals surface area (Å²) < 4.78 is 39.2. The molecule has 0 spiro atoms. The summed E-state index contributed by atoms with van der Waals surface area (Å²) in [6.07, 6.45) is 0.404. The lowest BCUT2D eigenvalue weighted by atomic mass is 10.0. The van der Waals surface area contributed by atoms with Gasteiger partial charge in [-0.2, -0.15) is 0 Å². The van der Waals surface area contributed by atoms with Crippen LogP contribution in [0.1, 0.15) is 32.7 Å². The number of nitroso groups, excluding NO2 is 4. The Bertz CT molecular complexity index is 7610. The number of para-hydroxylation sites is 2. The van der Waals surface area contributed by atoms with Crippen molar-refractivity contribution in [3.8, 4) is 96.8 Å². The first kappa shape index (κ1) is 84.9. The van der Waals surface area contributed by atoms with Gasteiger partial charge in [-0.1, -0.05) is 170 Å². The average molecular weight is 1730 g/mol. The first-order chi connectivity index (χ1) is 63.5. The van der Waals surface area contributed by atoms with E-state index in [1.165, 1.54) is 23.5 Å². The van der Waals surface area contributed by atoms with Crippen LogP contribution in [0.3, 0.4) is 0 Å². The second kappa shape index (κ2) is 37.6. The third-order valence-electron chi connectivity index (χ3n) is 23.0. The maximum atomic E-state index is 12.7. The molecule has 130 heavy (non-hydrogen) atoms. The van der Waals surface area contributed by atoms with Gasteiger partial charge in [0.1, 0.15) is 47.5 Å². The third kappa shape index (κ3) is 17.2. The summed E-state index contributed by atoms with van der Waals surface area (Å²) in [6, 6.07) is 98.9. The fraction of sp³-hybridized carbons (Fsp3) is 0.106. The van der Waals surface area contributed by atoms with Gasteiger partial charge in [-0.3, -0.25) is 14.5 Å². The Morgan fingerprint density at radius 1 is 0.300 bits per heavy atom. The van der Waals surface area contributed by atoms with E-state index in [-0.39, 0.29) is 71.2 Å². The fourth-order valence-electron chi connectivity index (χ4n) is 16.5.